The molecule has 1 aliphatic heterocycles. The van der Waals surface area contributed by atoms with Crippen LogP contribution in [0.2, 0.25) is 0 Å². The molecule has 1 atom stereocenters. The van der Waals surface area contributed by atoms with Crippen molar-refractivity contribution in [3.63, 3.8) is 0 Å². The number of ether oxygens (including phenoxy) is 1. The number of methoxy groups -OCH3 is 1. The highest BCUT2D eigenvalue weighted by molar-refractivity contribution is 6.02. The summed E-state index contributed by atoms with van der Waals surface area (Å²) in [6.07, 6.45) is 0. The molecule has 2 rings (SSSR count). The predicted octanol–water partition coefficient (Wildman–Crippen LogP) is 0.647. The minimum absolute atomic E-state index is 0.164. The van der Waals surface area contributed by atoms with Gasteiger partial charge in [-0.05, 0) is 18.2 Å². The van der Waals surface area contributed by atoms with Crippen LogP contribution >= 0.6 is 0 Å². The fourth-order valence-electron chi connectivity index (χ4n) is 1.39. The van der Waals surface area contributed by atoms with Gasteiger partial charge >= 0.3 is 0 Å². The third-order valence-electron chi connectivity index (χ3n) is 2.13. The van der Waals surface area contributed by atoms with Gasteiger partial charge in [-0.2, -0.15) is 0 Å². The van der Waals surface area contributed by atoms with E-state index in [1.165, 1.54) is 0 Å². The molecule has 1 amide bonds. The maximum atomic E-state index is 11.2. The normalized spacial score (nSPS) is 19.5. The summed E-state index contributed by atoms with van der Waals surface area (Å²) in [7, 11) is 1.58. The first-order valence-electron chi connectivity index (χ1n) is 3.97. The Morgan fingerprint density at radius 3 is 3.00 bits per heavy atom. The van der Waals surface area contributed by atoms with E-state index in [2.05, 4.69) is 5.32 Å². The van der Waals surface area contributed by atoms with Gasteiger partial charge in [-0.1, -0.05) is 0 Å². The number of hydrogen-bond acceptors (Lipinski definition) is 3. The molecule has 1 aromatic carbocycles. The molecule has 0 bridgehead atoms. The first-order valence-corrected chi connectivity index (χ1v) is 3.97. The monoisotopic (exact) mass is 178 g/mol. The second-order valence-corrected chi connectivity index (χ2v) is 2.92. The van der Waals surface area contributed by atoms with Crippen LogP contribution in [0.3, 0.4) is 0 Å². The Bertz CT molecular complexity index is 363. The van der Waals surface area contributed by atoms with Gasteiger partial charge in [0, 0.05) is 11.3 Å². The van der Waals surface area contributed by atoms with E-state index in [4.69, 9.17) is 10.5 Å². The second kappa shape index (κ2) is 2.74. The van der Waals surface area contributed by atoms with Gasteiger partial charge in [0.2, 0.25) is 5.91 Å². The average molecular weight is 178 g/mol. The molecule has 4 nitrogen and oxygen atoms in total. The number of anilines is 1. The zero-order valence-electron chi connectivity index (χ0n) is 7.20. The highest BCUT2D eigenvalue weighted by Crippen LogP contribution is 2.31. The zero-order chi connectivity index (χ0) is 9.42. The highest BCUT2D eigenvalue weighted by atomic mass is 16.5. The van der Waals surface area contributed by atoms with Crippen LogP contribution in [0.1, 0.15) is 11.6 Å². The summed E-state index contributed by atoms with van der Waals surface area (Å²) in [6, 6.07) is 4.79. The Kier molecular flexibility index (Phi) is 1.70. The Morgan fingerprint density at radius 2 is 2.31 bits per heavy atom. The maximum absolute atomic E-state index is 11.2. The van der Waals surface area contributed by atoms with Crippen molar-refractivity contribution >= 4 is 11.6 Å². The Morgan fingerprint density at radius 1 is 1.54 bits per heavy atom. The largest absolute Gasteiger partial charge is 0.497 e. The summed E-state index contributed by atoms with van der Waals surface area (Å²) in [5.41, 5.74) is 7.22. The number of fused-ring (bicyclic) bond motifs is 1. The number of benzene rings is 1. The van der Waals surface area contributed by atoms with Crippen LogP contribution in [-0.2, 0) is 4.79 Å². The number of carbonyl (C=O) groups is 1. The predicted molar refractivity (Wildman–Crippen MR) is 48.6 cm³/mol. The molecule has 68 valence electrons. The van der Waals surface area contributed by atoms with E-state index in [1.54, 1.807) is 25.3 Å². The van der Waals surface area contributed by atoms with Gasteiger partial charge in [-0.3, -0.25) is 4.79 Å². The van der Waals surface area contributed by atoms with Gasteiger partial charge in [-0.15, -0.1) is 0 Å². The van der Waals surface area contributed by atoms with Crippen molar-refractivity contribution < 1.29 is 9.53 Å². The lowest BCUT2D eigenvalue weighted by molar-refractivity contribution is -0.116. The van der Waals surface area contributed by atoms with Gasteiger partial charge in [0.15, 0.2) is 0 Å². The molecule has 0 radical (unpaired) electrons. The molecule has 3 N–H and O–H groups in total. The molecule has 0 unspecified atom stereocenters. The number of nitrogens with two attached hydrogens (primary N) is 1. The fourth-order valence-corrected chi connectivity index (χ4v) is 1.39. The van der Waals surface area contributed by atoms with E-state index in [-0.39, 0.29) is 5.91 Å². The summed E-state index contributed by atoms with van der Waals surface area (Å²) in [5, 5.41) is 2.68. The van der Waals surface area contributed by atoms with Crippen molar-refractivity contribution in [2.24, 2.45) is 5.73 Å². The van der Waals surface area contributed by atoms with Crippen LogP contribution in [-0.4, -0.2) is 13.0 Å². The topological polar surface area (TPSA) is 64.3 Å². The molecule has 0 aromatic heterocycles. The SMILES string of the molecule is COc1ccc2c(c1)[C@@H](N)C(=O)N2. The lowest BCUT2D eigenvalue weighted by Gasteiger charge is -2.03. The number of rotatable bonds is 1. The van der Waals surface area contributed by atoms with Gasteiger partial charge < -0.3 is 15.8 Å². The van der Waals surface area contributed by atoms with Crippen molar-refractivity contribution in [3.8, 4) is 5.75 Å². The van der Waals surface area contributed by atoms with Crippen LogP contribution in [0.4, 0.5) is 5.69 Å². The first kappa shape index (κ1) is 8.07. The van der Waals surface area contributed by atoms with Crippen LogP contribution in [0.25, 0.3) is 0 Å². The molecule has 1 aliphatic rings. The molecular formula is C9H10N2O2. The standard InChI is InChI=1S/C9H10N2O2/c1-13-5-2-3-7-6(4-5)8(10)9(12)11-7/h2-4,8H,10H2,1H3,(H,11,12)/t8-/m1/s1. The molecule has 4 heteroatoms. The lowest BCUT2D eigenvalue weighted by atomic mass is 10.1. The Balaban J connectivity index is 2.47. The number of nitrogens with one attached hydrogen (secondary N) is 1. The quantitative estimate of drug-likeness (QED) is 0.663. The van der Waals surface area contributed by atoms with Gasteiger partial charge in [0.05, 0.1) is 7.11 Å². The van der Waals surface area contributed by atoms with Crippen LogP contribution in [0.5, 0.6) is 5.75 Å². The Hall–Kier alpha value is -1.55. The van der Waals surface area contributed by atoms with Crippen LogP contribution in [0, 0.1) is 0 Å². The molecule has 0 spiro atoms. The number of amides is 1. The first-order chi connectivity index (χ1) is 6.22. The van der Waals surface area contributed by atoms with Crippen LogP contribution < -0.4 is 15.8 Å². The van der Waals surface area contributed by atoms with E-state index in [9.17, 15) is 4.79 Å². The van der Waals surface area contributed by atoms with Crippen molar-refractivity contribution in [1.82, 2.24) is 0 Å². The average Bonchev–Trinajstić information content (AvgIpc) is 2.43. The smallest absolute Gasteiger partial charge is 0.245 e. The summed E-state index contributed by atoms with van der Waals surface area (Å²) in [4.78, 5) is 11.2. The molecule has 0 saturated carbocycles. The summed E-state index contributed by atoms with van der Waals surface area (Å²) < 4.78 is 5.03. The van der Waals surface area contributed by atoms with E-state index in [1.807, 2.05) is 0 Å². The molecule has 0 saturated heterocycles. The molecule has 0 aliphatic carbocycles. The van der Waals surface area contributed by atoms with E-state index >= 15 is 0 Å². The number of hydrogen-bond donors (Lipinski definition) is 2. The molecular weight excluding hydrogens is 168 g/mol. The maximum Gasteiger partial charge on any atom is 0.245 e. The van der Waals surface area contributed by atoms with Gasteiger partial charge in [-0.25, -0.2) is 0 Å². The third-order valence-corrected chi connectivity index (χ3v) is 2.13. The lowest BCUT2D eigenvalue weighted by Crippen LogP contribution is -2.19. The van der Waals surface area contributed by atoms with E-state index in [0.717, 1.165) is 11.3 Å². The summed E-state index contributed by atoms with van der Waals surface area (Å²) in [6.45, 7) is 0. The van der Waals surface area contributed by atoms with Crippen molar-refractivity contribution in [1.29, 1.82) is 0 Å². The van der Waals surface area contributed by atoms with E-state index in [0.29, 0.717) is 5.75 Å². The summed E-state index contributed by atoms with van der Waals surface area (Å²) in [5.74, 6) is 0.550. The van der Waals surface area contributed by atoms with Crippen LogP contribution in [0.15, 0.2) is 18.2 Å². The van der Waals surface area contributed by atoms with Crippen molar-refractivity contribution in [2.45, 2.75) is 6.04 Å². The van der Waals surface area contributed by atoms with Gasteiger partial charge in [0.25, 0.3) is 0 Å². The fraction of sp³-hybridized carbons (Fsp3) is 0.222. The molecule has 1 aromatic rings. The van der Waals surface area contributed by atoms with Crippen molar-refractivity contribution in [3.05, 3.63) is 23.8 Å². The zero-order valence-corrected chi connectivity index (χ0v) is 7.20. The minimum atomic E-state index is -0.565. The molecule has 0 fully saturated rings. The molecule has 1 heterocycles. The molecule has 13 heavy (non-hydrogen) atoms. The second-order valence-electron chi connectivity index (χ2n) is 2.92. The highest BCUT2D eigenvalue weighted by Gasteiger charge is 2.27. The van der Waals surface area contributed by atoms with E-state index < -0.39 is 6.04 Å². The third kappa shape index (κ3) is 1.15. The summed E-state index contributed by atoms with van der Waals surface area (Å²) >= 11 is 0. The van der Waals surface area contributed by atoms with Crippen molar-refractivity contribution in [2.75, 3.05) is 12.4 Å². The van der Waals surface area contributed by atoms with Gasteiger partial charge in [0.1, 0.15) is 11.8 Å². The number of carbonyl (C=O) groups excluding carboxylic acids is 1. The minimum Gasteiger partial charge on any atom is -0.497 e. The Labute approximate surface area is 75.7 Å².